The lowest BCUT2D eigenvalue weighted by molar-refractivity contribution is -0.732. The number of rotatable bonds is 14. The molecule has 0 aliphatic carbocycles. The van der Waals surface area contributed by atoms with Crippen LogP contribution in [0.4, 0.5) is 0 Å². The van der Waals surface area contributed by atoms with Crippen molar-refractivity contribution in [3.8, 4) is 5.69 Å². The van der Waals surface area contributed by atoms with Crippen molar-refractivity contribution in [3.63, 3.8) is 0 Å². The molecule has 0 radical (unpaired) electrons. The number of para-hydroxylation sites is 1. The number of nitrogens with zero attached hydrogens (tertiary/aromatic N) is 2. The first-order valence-electron chi connectivity index (χ1n) is 13.9. The molecule has 0 saturated heterocycles. The van der Waals surface area contributed by atoms with E-state index in [1.165, 1.54) is 68.2 Å². The Hall–Kier alpha value is -3.13. The standard InChI is InChI=1S/C34H43N2/c1-3-4-5-6-7-8-18-25-33(36-27-26-35(29-36)32-23-16-11-17-24-32)34(2,31-21-14-10-15-22-31)28-30-19-12-9-13-20-30/h9-17,19-24,26-27,29,33H,3-8,18,25,28H2,1-2H3/q+1. The van der Waals surface area contributed by atoms with E-state index >= 15 is 0 Å². The van der Waals surface area contributed by atoms with Gasteiger partial charge in [-0.2, -0.15) is 0 Å². The minimum atomic E-state index is -0.0294. The summed E-state index contributed by atoms with van der Waals surface area (Å²) >= 11 is 0. The number of imidazole rings is 1. The maximum absolute atomic E-state index is 2.49. The van der Waals surface area contributed by atoms with E-state index in [4.69, 9.17) is 0 Å². The van der Waals surface area contributed by atoms with E-state index < -0.39 is 0 Å². The molecule has 0 N–H and O–H groups in total. The molecule has 0 saturated carbocycles. The Labute approximate surface area is 218 Å². The van der Waals surface area contributed by atoms with Gasteiger partial charge in [0.1, 0.15) is 24.1 Å². The van der Waals surface area contributed by atoms with Gasteiger partial charge >= 0.3 is 0 Å². The van der Waals surface area contributed by atoms with Crippen LogP contribution in [0.5, 0.6) is 0 Å². The van der Waals surface area contributed by atoms with E-state index in [9.17, 15) is 0 Å². The van der Waals surface area contributed by atoms with Crippen LogP contribution >= 0.6 is 0 Å². The first-order chi connectivity index (χ1) is 17.7. The SMILES string of the molecule is CCCCCCCCCC([n+]1ccn(-c2ccccc2)c1)C(C)(Cc1ccccc1)c1ccccc1. The Balaban J connectivity index is 1.64. The van der Waals surface area contributed by atoms with Gasteiger partial charge in [-0.3, -0.25) is 0 Å². The molecule has 0 bridgehead atoms. The number of benzene rings is 3. The van der Waals surface area contributed by atoms with Crippen molar-refractivity contribution in [2.45, 2.75) is 83.1 Å². The van der Waals surface area contributed by atoms with Crippen LogP contribution in [0.15, 0.2) is 110 Å². The molecule has 3 aromatic carbocycles. The highest BCUT2D eigenvalue weighted by molar-refractivity contribution is 5.31. The summed E-state index contributed by atoms with van der Waals surface area (Å²) in [6.07, 6.45) is 18.3. The first kappa shape index (κ1) is 25.9. The van der Waals surface area contributed by atoms with Crippen LogP contribution < -0.4 is 4.57 Å². The molecule has 0 spiro atoms. The van der Waals surface area contributed by atoms with Crippen LogP contribution in [0.25, 0.3) is 5.69 Å². The van der Waals surface area contributed by atoms with E-state index in [2.05, 4.69) is 133 Å². The van der Waals surface area contributed by atoms with Crippen molar-refractivity contribution < 1.29 is 4.57 Å². The van der Waals surface area contributed by atoms with Crippen LogP contribution in [0.3, 0.4) is 0 Å². The van der Waals surface area contributed by atoms with Crippen LogP contribution in [0, 0.1) is 0 Å². The van der Waals surface area contributed by atoms with Crippen molar-refractivity contribution in [1.29, 1.82) is 0 Å². The Morgan fingerprint density at radius 3 is 1.97 bits per heavy atom. The largest absolute Gasteiger partial charge is 0.249 e. The third kappa shape index (κ3) is 6.75. The van der Waals surface area contributed by atoms with E-state index in [1.54, 1.807) is 0 Å². The molecule has 0 aliphatic heterocycles. The van der Waals surface area contributed by atoms with Gasteiger partial charge in [0, 0.05) is 5.41 Å². The Bertz CT molecular complexity index is 1130. The van der Waals surface area contributed by atoms with Crippen molar-refractivity contribution in [1.82, 2.24) is 4.57 Å². The van der Waals surface area contributed by atoms with E-state index in [1.807, 2.05) is 0 Å². The van der Waals surface area contributed by atoms with Crippen molar-refractivity contribution in [2.75, 3.05) is 0 Å². The molecular weight excluding hydrogens is 436 g/mol. The van der Waals surface area contributed by atoms with E-state index in [0.29, 0.717) is 6.04 Å². The van der Waals surface area contributed by atoms with Crippen molar-refractivity contribution in [2.24, 2.45) is 0 Å². The lowest BCUT2D eigenvalue weighted by atomic mass is 9.70. The minimum Gasteiger partial charge on any atom is -0.233 e. The lowest BCUT2D eigenvalue weighted by Gasteiger charge is -2.37. The third-order valence-electron chi connectivity index (χ3n) is 7.74. The molecule has 1 aromatic heterocycles. The molecule has 2 unspecified atom stereocenters. The fourth-order valence-electron chi connectivity index (χ4n) is 5.65. The van der Waals surface area contributed by atoms with Gasteiger partial charge in [0.15, 0.2) is 0 Å². The zero-order valence-corrected chi connectivity index (χ0v) is 22.2. The predicted molar refractivity (Wildman–Crippen MR) is 152 cm³/mol. The quantitative estimate of drug-likeness (QED) is 0.126. The fourth-order valence-corrected chi connectivity index (χ4v) is 5.65. The first-order valence-corrected chi connectivity index (χ1v) is 13.9. The molecule has 188 valence electrons. The average Bonchev–Trinajstić information content (AvgIpc) is 3.41. The molecule has 1 heterocycles. The van der Waals surface area contributed by atoms with Crippen LogP contribution in [0.2, 0.25) is 0 Å². The summed E-state index contributed by atoms with van der Waals surface area (Å²) in [5.74, 6) is 0. The summed E-state index contributed by atoms with van der Waals surface area (Å²) in [6.45, 7) is 4.77. The molecule has 2 heteroatoms. The molecule has 36 heavy (non-hydrogen) atoms. The minimum absolute atomic E-state index is 0.0294. The van der Waals surface area contributed by atoms with Gasteiger partial charge in [0.25, 0.3) is 0 Å². The molecule has 0 aliphatic rings. The maximum atomic E-state index is 2.49. The molecule has 4 aromatic rings. The summed E-state index contributed by atoms with van der Waals surface area (Å²) in [6, 6.07) is 33.2. The average molecular weight is 480 g/mol. The Kier molecular flexibility index (Phi) is 9.55. The number of hydrogen-bond acceptors (Lipinski definition) is 0. The predicted octanol–water partition coefficient (Wildman–Crippen LogP) is 8.65. The van der Waals surface area contributed by atoms with E-state index in [-0.39, 0.29) is 5.41 Å². The van der Waals surface area contributed by atoms with E-state index in [0.717, 1.165) is 6.42 Å². The van der Waals surface area contributed by atoms with Gasteiger partial charge in [-0.1, -0.05) is 131 Å². The van der Waals surface area contributed by atoms with Crippen LogP contribution in [-0.2, 0) is 11.8 Å². The summed E-state index contributed by atoms with van der Waals surface area (Å²) in [5.41, 5.74) is 3.99. The van der Waals surface area contributed by atoms with Crippen LogP contribution in [-0.4, -0.2) is 4.57 Å². The van der Waals surface area contributed by atoms with Crippen molar-refractivity contribution >= 4 is 0 Å². The molecule has 0 fully saturated rings. The molecule has 2 atom stereocenters. The highest BCUT2D eigenvalue weighted by atomic mass is 15.1. The topological polar surface area (TPSA) is 8.81 Å². The second-order valence-electron chi connectivity index (χ2n) is 10.5. The highest BCUT2D eigenvalue weighted by Crippen LogP contribution is 2.39. The van der Waals surface area contributed by atoms with Gasteiger partial charge in [0.2, 0.25) is 6.33 Å². The smallest absolute Gasteiger partial charge is 0.233 e. The third-order valence-corrected chi connectivity index (χ3v) is 7.74. The summed E-state index contributed by atoms with van der Waals surface area (Å²) in [7, 11) is 0. The van der Waals surface area contributed by atoms with Gasteiger partial charge in [0.05, 0.1) is 0 Å². The number of hydrogen-bond donors (Lipinski definition) is 0. The lowest BCUT2D eigenvalue weighted by Crippen LogP contribution is -2.50. The number of unbranched alkanes of at least 4 members (excludes halogenated alkanes) is 6. The zero-order valence-electron chi connectivity index (χ0n) is 22.2. The van der Waals surface area contributed by atoms with Crippen LogP contribution in [0.1, 0.15) is 82.4 Å². The summed E-state index contributed by atoms with van der Waals surface area (Å²) in [4.78, 5) is 0. The summed E-state index contributed by atoms with van der Waals surface area (Å²) < 4.78 is 4.74. The Morgan fingerprint density at radius 1 is 0.722 bits per heavy atom. The normalized spacial score (nSPS) is 13.8. The number of aromatic nitrogens is 2. The second-order valence-corrected chi connectivity index (χ2v) is 10.5. The molecule has 0 amide bonds. The molecular formula is C34H43N2+. The fraction of sp³-hybridized carbons (Fsp3) is 0.382. The van der Waals surface area contributed by atoms with Gasteiger partial charge < -0.3 is 0 Å². The molecule has 4 rings (SSSR count). The Morgan fingerprint density at radius 2 is 1.31 bits per heavy atom. The monoisotopic (exact) mass is 479 g/mol. The maximum Gasteiger partial charge on any atom is 0.249 e. The molecule has 2 nitrogen and oxygen atoms in total. The second kappa shape index (κ2) is 13.3. The van der Waals surface area contributed by atoms with Gasteiger partial charge in [-0.15, -0.1) is 0 Å². The van der Waals surface area contributed by atoms with Gasteiger partial charge in [-0.05, 0) is 42.5 Å². The highest BCUT2D eigenvalue weighted by Gasteiger charge is 2.40. The zero-order chi connectivity index (χ0) is 25.1. The van der Waals surface area contributed by atoms with Crippen molar-refractivity contribution in [3.05, 3.63) is 121 Å². The van der Waals surface area contributed by atoms with Gasteiger partial charge in [-0.25, -0.2) is 9.13 Å². The summed E-state index contributed by atoms with van der Waals surface area (Å²) in [5, 5.41) is 0.